The summed E-state index contributed by atoms with van der Waals surface area (Å²) >= 11 is 0. The van der Waals surface area contributed by atoms with E-state index in [4.69, 9.17) is 9.47 Å². The molecule has 3 aromatic carbocycles. The molecule has 1 atom stereocenters. The molecule has 0 saturated carbocycles. The molecule has 0 saturated heterocycles. The third kappa shape index (κ3) is 5.76. The predicted octanol–water partition coefficient (Wildman–Crippen LogP) is 5.49. The van der Waals surface area contributed by atoms with Crippen LogP contribution in [0.1, 0.15) is 39.7 Å². The Kier molecular flexibility index (Phi) is 6.99. The van der Waals surface area contributed by atoms with E-state index in [1.54, 1.807) is 0 Å². The fraction of sp³-hybridized carbons (Fsp3) is 0.346. The van der Waals surface area contributed by atoms with E-state index in [-0.39, 0.29) is 11.3 Å². The molecule has 158 valence electrons. The van der Waals surface area contributed by atoms with Gasteiger partial charge in [-0.15, -0.1) is 0 Å². The monoisotopic (exact) mass is 405 g/mol. The number of benzene rings is 3. The molecule has 4 nitrogen and oxygen atoms in total. The first-order chi connectivity index (χ1) is 14.4. The van der Waals surface area contributed by atoms with Crippen LogP contribution in [0, 0.1) is 0 Å². The van der Waals surface area contributed by atoms with Gasteiger partial charge in [0, 0.05) is 0 Å². The van der Waals surface area contributed by atoms with E-state index in [9.17, 15) is 4.79 Å². The third-order valence-electron chi connectivity index (χ3n) is 5.05. The first-order valence-corrected chi connectivity index (χ1v) is 10.5. The van der Waals surface area contributed by atoms with Gasteiger partial charge in [0.05, 0.1) is 6.54 Å². The minimum Gasteiger partial charge on any atom is -0.492 e. The lowest BCUT2D eigenvalue weighted by atomic mass is 9.87. The van der Waals surface area contributed by atoms with Crippen molar-refractivity contribution in [1.29, 1.82) is 0 Å². The van der Waals surface area contributed by atoms with Gasteiger partial charge >= 0.3 is 0 Å². The summed E-state index contributed by atoms with van der Waals surface area (Å²) in [6, 6.07) is 22.1. The maximum absolute atomic E-state index is 12.5. The van der Waals surface area contributed by atoms with Gasteiger partial charge in [-0.3, -0.25) is 4.79 Å². The minimum absolute atomic E-state index is 0.118. The normalized spacial score (nSPS) is 12.4. The Hall–Kier alpha value is -3.01. The summed E-state index contributed by atoms with van der Waals surface area (Å²) in [6.45, 7) is 9.33. The zero-order chi connectivity index (χ0) is 21.6. The van der Waals surface area contributed by atoms with Crippen molar-refractivity contribution in [2.45, 2.75) is 45.6 Å². The van der Waals surface area contributed by atoms with Crippen molar-refractivity contribution in [2.24, 2.45) is 0 Å². The first kappa shape index (κ1) is 21.7. The number of rotatable bonds is 8. The van der Waals surface area contributed by atoms with Gasteiger partial charge in [-0.1, -0.05) is 70.2 Å². The van der Waals surface area contributed by atoms with Crippen LogP contribution in [0.15, 0.2) is 66.7 Å². The fourth-order valence-corrected chi connectivity index (χ4v) is 3.24. The quantitative estimate of drug-likeness (QED) is 0.504. The molecule has 0 aliphatic rings. The second kappa shape index (κ2) is 9.66. The Morgan fingerprint density at radius 1 is 0.933 bits per heavy atom. The summed E-state index contributed by atoms with van der Waals surface area (Å²) in [6.07, 6.45) is 0.0607. The molecule has 0 heterocycles. The summed E-state index contributed by atoms with van der Waals surface area (Å²) < 4.78 is 11.7. The number of carbonyl (C=O) groups excluding carboxylic acids is 1. The molecular weight excluding hydrogens is 374 g/mol. The average molecular weight is 406 g/mol. The van der Waals surface area contributed by atoms with Gasteiger partial charge in [-0.25, -0.2) is 0 Å². The van der Waals surface area contributed by atoms with Crippen LogP contribution in [0.5, 0.6) is 11.5 Å². The van der Waals surface area contributed by atoms with Gasteiger partial charge in [-0.2, -0.15) is 0 Å². The molecule has 0 radical (unpaired) electrons. The molecule has 1 amide bonds. The van der Waals surface area contributed by atoms with Crippen molar-refractivity contribution in [3.63, 3.8) is 0 Å². The van der Waals surface area contributed by atoms with Crippen LogP contribution in [0.25, 0.3) is 10.8 Å². The molecular formula is C26H31NO3. The molecule has 0 aliphatic heterocycles. The molecule has 4 heteroatoms. The number of hydrogen-bond donors (Lipinski definition) is 1. The van der Waals surface area contributed by atoms with Crippen LogP contribution < -0.4 is 14.8 Å². The van der Waals surface area contributed by atoms with Crippen LogP contribution in [-0.4, -0.2) is 25.2 Å². The number of ether oxygens (including phenoxy) is 2. The Bertz CT molecular complexity index is 973. The van der Waals surface area contributed by atoms with Crippen molar-refractivity contribution in [3.8, 4) is 11.5 Å². The molecule has 0 aliphatic carbocycles. The zero-order valence-electron chi connectivity index (χ0n) is 18.3. The Morgan fingerprint density at radius 3 is 2.27 bits per heavy atom. The van der Waals surface area contributed by atoms with E-state index in [1.807, 2.05) is 55.5 Å². The second-order valence-electron chi connectivity index (χ2n) is 8.44. The molecule has 1 N–H and O–H groups in total. The van der Waals surface area contributed by atoms with Crippen molar-refractivity contribution in [2.75, 3.05) is 13.2 Å². The van der Waals surface area contributed by atoms with Crippen molar-refractivity contribution < 1.29 is 14.3 Å². The van der Waals surface area contributed by atoms with Crippen LogP contribution >= 0.6 is 0 Å². The predicted molar refractivity (Wildman–Crippen MR) is 122 cm³/mol. The Labute approximate surface area is 179 Å². The molecule has 0 aromatic heterocycles. The van der Waals surface area contributed by atoms with Crippen molar-refractivity contribution in [3.05, 3.63) is 72.3 Å². The number of hydrogen-bond acceptors (Lipinski definition) is 3. The van der Waals surface area contributed by atoms with Gasteiger partial charge in [0.1, 0.15) is 18.1 Å². The molecule has 30 heavy (non-hydrogen) atoms. The van der Waals surface area contributed by atoms with Gasteiger partial charge in [0.25, 0.3) is 5.91 Å². The zero-order valence-corrected chi connectivity index (χ0v) is 18.3. The summed E-state index contributed by atoms with van der Waals surface area (Å²) in [7, 11) is 0. The lowest BCUT2D eigenvalue weighted by Crippen LogP contribution is -2.39. The van der Waals surface area contributed by atoms with Crippen LogP contribution in [0.2, 0.25) is 0 Å². The highest BCUT2D eigenvalue weighted by molar-refractivity contribution is 5.84. The lowest BCUT2D eigenvalue weighted by molar-refractivity contribution is -0.128. The average Bonchev–Trinajstić information content (AvgIpc) is 2.74. The molecule has 0 fully saturated rings. The van der Waals surface area contributed by atoms with Crippen molar-refractivity contribution >= 4 is 16.7 Å². The van der Waals surface area contributed by atoms with Gasteiger partial charge in [-0.05, 0) is 52.4 Å². The third-order valence-corrected chi connectivity index (χ3v) is 5.05. The molecule has 0 spiro atoms. The van der Waals surface area contributed by atoms with E-state index in [0.29, 0.717) is 25.3 Å². The van der Waals surface area contributed by atoms with Gasteiger partial charge in [0.2, 0.25) is 0 Å². The lowest BCUT2D eigenvalue weighted by Gasteiger charge is -2.19. The maximum atomic E-state index is 12.5. The number of nitrogens with one attached hydrogen (secondary N) is 1. The van der Waals surface area contributed by atoms with Crippen LogP contribution in [0.4, 0.5) is 0 Å². The molecule has 0 bridgehead atoms. The van der Waals surface area contributed by atoms with E-state index in [1.165, 1.54) is 5.56 Å². The SMILES string of the molecule is CC[C@H](Oc1ccc2ccccc2c1)C(=O)NCCOc1ccc(C(C)(C)C)cc1. The number of amides is 1. The van der Waals surface area contributed by atoms with Gasteiger partial charge < -0.3 is 14.8 Å². The van der Waals surface area contributed by atoms with Crippen LogP contribution in [0.3, 0.4) is 0 Å². The maximum Gasteiger partial charge on any atom is 0.261 e. The highest BCUT2D eigenvalue weighted by Crippen LogP contribution is 2.24. The second-order valence-corrected chi connectivity index (χ2v) is 8.44. The minimum atomic E-state index is -0.530. The highest BCUT2D eigenvalue weighted by atomic mass is 16.5. The van der Waals surface area contributed by atoms with E-state index in [2.05, 4.69) is 44.3 Å². The Balaban J connectivity index is 1.47. The highest BCUT2D eigenvalue weighted by Gasteiger charge is 2.18. The summed E-state index contributed by atoms with van der Waals surface area (Å²) in [4.78, 5) is 12.5. The van der Waals surface area contributed by atoms with E-state index >= 15 is 0 Å². The van der Waals surface area contributed by atoms with Gasteiger partial charge in [0.15, 0.2) is 6.10 Å². The smallest absolute Gasteiger partial charge is 0.261 e. The molecule has 0 unspecified atom stereocenters. The van der Waals surface area contributed by atoms with Crippen molar-refractivity contribution in [1.82, 2.24) is 5.32 Å². The number of carbonyl (C=O) groups is 1. The molecule has 3 rings (SSSR count). The standard InChI is InChI=1S/C26H31NO3/c1-5-24(30-23-13-10-19-8-6-7-9-20(19)18-23)25(28)27-16-17-29-22-14-11-21(12-15-22)26(2,3)4/h6-15,18,24H,5,16-17H2,1-4H3,(H,27,28)/t24-/m0/s1. The summed E-state index contributed by atoms with van der Waals surface area (Å²) in [5.41, 5.74) is 1.38. The fourth-order valence-electron chi connectivity index (χ4n) is 3.24. The van der Waals surface area contributed by atoms with Crippen LogP contribution in [-0.2, 0) is 10.2 Å². The summed E-state index contributed by atoms with van der Waals surface area (Å²) in [5.74, 6) is 1.37. The number of fused-ring (bicyclic) bond motifs is 1. The topological polar surface area (TPSA) is 47.6 Å². The molecule has 3 aromatic rings. The van der Waals surface area contributed by atoms with E-state index in [0.717, 1.165) is 16.5 Å². The van der Waals surface area contributed by atoms with E-state index < -0.39 is 6.10 Å². The largest absolute Gasteiger partial charge is 0.492 e. The summed E-state index contributed by atoms with van der Waals surface area (Å²) in [5, 5.41) is 5.15. The Morgan fingerprint density at radius 2 is 1.60 bits per heavy atom. The first-order valence-electron chi connectivity index (χ1n) is 10.5.